The van der Waals surface area contributed by atoms with Crippen LogP contribution in [0, 0.1) is 5.92 Å². The molecule has 78 valence electrons. The molecular formula is C14H16O. The number of hydrogen-bond donors (Lipinski definition) is 0. The smallest absolute Gasteiger partial charge is 0.123 e. The molecule has 1 aromatic rings. The molecule has 0 amide bonds. The minimum atomic E-state index is 0.681. The highest BCUT2D eigenvalue weighted by atomic mass is 16.5. The van der Waals surface area contributed by atoms with Gasteiger partial charge in [0.2, 0.25) is 0 Å². The van der Waals surface area contributed by atoms with E-state index in [-0.39, 0.29) is 0 Å². The molecule has 1 atom stereocenters. The zero-order valence-corrected chi connectivity index (χ0v) is 9.12. The Labute approximate surface area is 90.8 Å². The van der Waals surface area contributed by atoms with Crippen molar-refractivity contribution < 1.29 is 4.74 Å². The van der Waals surface area contributed by atoms with Crippen molar-refractivity contribution in [3.05, 3.63) is 34.9 Å². The number of fused-ring (bicyclic) bond motifs is 2. The van der Waals surface area contributed by atoms with E-state index in [4.69, 9.17) is 4.74 Å². The van der Waals surface area contributed by atoms with Crippen molar-refractivity contribution in [3.63, 3.8) is 0 Å². The summed E-state index contributed by atoms with van der Waals surface area (Å²) in [5.74, 6) is 1.79. The molecule has 0 aromatic heterocycles. The molecule has 0 radical (unpaired) electrons. The molecule has 1 heterocycles. The summed E-state index contributed by atoms with van der Waals surface area (Å²) in [6.45, 7) is 3.15. The first-order valence-corrected chi connectivity index (χ1v) is 5.80. The predicted octanol–water partition coefficient (Wildman–Crippen LogP) is 3.22. The molecule has 1 nitrogen and oxygen atoms in total. The Balaban J connectivity index is 2.08. The third kappa shape index (κ3) is 1.56. The summed E-state index contributed by atoms with van der Waals surface area (Å²) in [6, 6.07) is 4.57. The molecule has 3 rings (SSSR count). The van der Waals surface area contributed by atoms with E-state index < -0.39 is 0 Å². The van der Waals surface area contributed by atoms with Crippen molar-refractivity contribution in [3.8, 4) is 5.75 Å². The lowest BCUT2D eigenvalue weighted by Crippen LogP contribution is -2.11. The fraction of sp³-hybridized carbons (Fsp3) is 0.429. The quantitative estimate of drug-likeness (QED) is 0.625. The first-order chi connectivity index (χ1) is 7.33. The van der Waals surface area contributed by atoms with Gasteiger partial charge >= 0.3 is 0 Å². The Morgan fingerprint density at radius 2 is 2.20 bits per heavy atom. The van der Waals surface area contributed by atoms with Crippen molar-refractivity contribution in [2.45, 2.75) is 26.2 Å². The summed E-state index contributed by atoms with van der Waals surface area (Å²) in [7, 11) is 0. The van der Waals surface area contributed by atoms with Crippen molar-refractivity contribution in [1.29, 1.82) is 0 Å². The van der Waals surface area contributed by atoms with Crippen LogP contribution in [0.5, 0.6) is 5.75 Å². The Bertz CT molecular complexity index is 418. The van der Waals surface area contributed by atoms with Crippen LogP contribution in [0.15, 0.2) is 18.2 Å². The first kappa shape index (κ1) is 9.02. The van der Waals surface area contributed by atoms with Crippen LogP contribution >= 0.6 is 0 Å². The molecule has 0 saturated heterocycles. The predicted molar refractivity (Wildman–Crippen MR) is 62.2 cm³/mol. The van der Waals surface area contributed by atoms with Gasteiger partial charge in [-0.3, -0.25) is 0 Å². The van der Waals surface area contributed by atoms with Crippen LogP contribution in [0.3, 0.4) is 0 Å². The molecule has 1 heteroatoms. The zero-order valence-electron chi connectivity index (χ0n) is 9.12. The second-order valence-corrected chi connectivity index (χ2v) is 4.65. The monoisotopic (exact) mass is 200 g/mol. The van der Waals surface area contributed by atoms with E-state index in [1.165, 1.54) is 29.5 Å². The van der Waals surface area contributed by atoms with E-state index in [1.807, 2.05) is 0 Å². The molecule has 15 heavy (non-hydrogen) atoms. The fourth-order valence-electron chi connectivity index (χ4n) is 2.48. The van der Waals surface area contributed by atoms with Gasteiger partial charge < -0.3 is 4.74 Å². The van der Waals surface area contributed by atoms with Crippen LogP contribution in [0.25, 0.3) is 6.08 Å². The van der Waals surface area contributed by atoms with Gasteiger partial charge in [-0.1, -0.05) is 25.1 Å². The van der Waals surface area contributed by atoms with Crippen LogP contribution in [-0.2, 0) is 12.8 Å². The third-order valence-corrected chi connectivity index (χ3v) is 3.32. The summed E-state index contributed by atoms with van der Waals surface area (Å²) in [5, 5.41) is 0. The lowest BCUT2D eigenvalue weighted by molar-refractivity contribution is 0.288. The first-order valence-electron chi connectivity index (χ1n) is 5.80. The average Bonchev–Trinajstić information content (AvgIpc) is 2.26. The van der Waals surface area contributed by atoms with E-state index >= 15 is 0 Å². The summed E-state index contributed by atoms with van der Waals surface area (Å²) >= 11 is 0. The van der Waals surface area contributed by atoms with Crippen molar-refractivity contribution in [1.82, 2.24) is 0 Å². The van der Waals surface area contributed by atoms with Gasteiger partial charge in [0.1, 0.15) is 5.75 Å². The largest absolute Gasteiger partial charge is 0.493 e. The Morgan fingerprint density at radius 3 is 3.13 bits per heavy atom. The molecule has 0 saturated carbocycles. The Morgan fingerprint density at radius 1 is 1.27 bits per heavy atom. The van der Waals surface area contributed by atoms with Crippen LogP contribution in [0.4, 0.5) is 0 Å². The maximum atomic E-state index is 5.68. The number of hydrogen-bond acceptors (Lipinski definition) is 1. The fourth-order valence-corrected chi connectivity index (χ4v) is 2.48. The maximum absolute atomic E-state index is 5.68. The Hall–Kier alpha value is -1.24. The van der Waals surface area contributed by atoms with E-state index in [2.05, 4.69) is 31.2 Å². The molecular weight excluding hydrogens is 184 g/mol. The number of ether oxygens (including phenoxy) is 1. The highest BCUT2D eigenvalue weighted by Crippen LogP contribution is 2.32. The van der Waals surface area contributed by atoms with E-state index in [0.29, 0.717) is 5.92 Å². The Kier molecular flexibility index (Phi) is 2.05. The van der Waals surface area contributed by atoms with Crippen LogP contribution in [0.1, 0.15) is 30.0 Å². The average molecular weight is 200 g/mol. The molecule has 1 aromatic carbocycles. The van der Waals surface area contributed by atoms with Crippen molar-refractivity contribution >= 4 is 6.08 Å². The topological polar surface area (TPSA) is 9.23 Å². The van der Waals surface area contributed by atoms with Gasteiger partial charge in [-0.25, -0.2) is 0 Å². The van der Waals surface area contributed by atoms with Crippen molar-refractivity contribution in [2.24, 2.45) is 5.92 Å². The number of allylic oxidation sites excluding steroid dienone is 1. The normalized spacial score (nSPS) is 22.9. The van der Waals surface area contributed by atoms with E-state index in [1.54, 1.807) is 0 Å². The number of benzene rings is 1. The summed E-state index contributed by atoms with van der Waals surface area (Å²) in [4.78, 5) is 0. The molecule has 0 bridgehead atoms. The van der Waals surface area contributed by atoms with E-state index in [9.17, 15) is 0 Å². The summed E-state index contributed by atoms with van der Waals surface area (Å²) in [6.07, 6.45) is 8.05. The summed E-state index contributed by atoms with van der Waals surface area (Å²) in [5.41, 5.74) is 4.26. The SMILES string of the molecule is CC1C=Cc2cc3c(cc2C1)CCCO3. The van der Waals surface area contributed by atoms with Gasteiger partial charge in [-0.2, -0.15) is 0 Å². The van der Waals surface area contributed by atoms with Gasteiger partial charge in [-0.15, -0.1) is 0 Å². The second-order valence-electron chi connectivity index (χ2n) is 4.65. The van der Waals surface area contributed by atoms with Crippen LogP contribution in [-0.4, -0.2) is 6.61 Å². The minimum Gasteiger partial charge on any atom is -0.493 e. The van der Waals surface area contributed by atoms with Crippen LogP contribution in [0.2, 0.25) is 0 Å². The van der Waals surface area contributed by atoms with Gasteiger partial charge in [0.05, 0.1) is 6.61 Å². The zero-order chi connectivity index (χ0) is 10.3. The molecule has 0 spiro atoms. The molecule has 1 aliphatic heterocycles. The van der Waals surface area contributed by atoms with Crippen molar-refractivity contribution in [2.75, 3.05) is 6.61 Å². The molecule has 1 aliphatic carbocycles. The van der Waals surface area contributed by atoms with Crippen LogP contribution < -0.4 is 4.74 Å². The second kappa shape index (κ2) is 3.41. The lowest BCUT2D eigenvalue weighted by atomic mass is 9.88. The number of rotatable bonds is 0. The molecule has 0 fully saturated rings. The standard InChI is InChI=1S/C14H16O/c1-10-4-5-11-9-14-12(3-2-6-15-14)8-13(11)7-10/h4-5,8-10H,2-3,6-7H2,1H3. The van der Waals surface area contributed by atoms with Gasteiger partial charge in [-0.05, 0) is 47.9 Å². The van der Waals surface area contributed by atoms with Gasteiger partial charge in [0.15, 0.2) is 0 Å². The minimum absolute atomic E-state index is 0.681. The lowest BCUT2D eigenvalue weighted by Gasteiger charge is -2.22. The number of aryl methyl sites for hydroxylation is 1. The highest BCUT2D eigenvalue weighted by molar-refractivity contribution is 5.61. The molecule has 1 unspecified atom stereocenters. The highest BCUT2D eigenvalue weighted by Gasteiger charge is 2.16. The van der Waals surface area contributed by atoms with Gasteiger partial charge in [0, 0.05) is 0 Å². The third-order valence-electron chi connectivity index (χ3n) is 3.32. The molecule has 2 aliphatic rings. The molecule has 0 N–H and O–H groups in total. The summed E-state index contributed by atoms with van der Waals surface area (Å²) < 4.78 is 5.68. The van der Waals surface area contributed by atoms with E-state index in [0.717, 1.165) is 18.8 Å². The maximum Gasteiger partial charge on any atom is 0.123 e. The van der Waals surface area contributed by atoms with Gasteiger partial charge in [0.25, 0.3) is 0 Å².